The van der Waals surface area contributed by atoms with Gasteiger partial charge in [-0.2, -0.15) is 5.10 Å². The first-order valence-corrected chi connectivity index (χ1v) is 7.69. The van der Waals surface area contributed by atoms with E-state index in [9.17, 15) is 15.0 Å². The summed E-state index contributed by atoms with van der Waals surface area (Å²) in [7, 11) is 0. The molecule has 1 amide bonds. The third-order valence-electron chi connectivity index (χ3n) is 3.64. The lowest BCUT2D eigenvalue weighted by Crippen LogP contribution is -2.25. The molecule has 0 saturated carbocycles. The highest BCUT2D eigenvalue weighted by molar-refractivity contribution is 5.95. The second-order valence-corrected chi connectivity index (χ2v) is 5.42. The number of nitrogens with one attached hydrogen (secondary N) is 2. The number of fused-ring (bicyclic) bond motifs is 1. The quantitative estimate of drug-likeness (QED) is 0.426. The second-order valence-electron chi connectivity index (χ2n) is 5.42. The maximum Gasteiger partial charge on any atom is 0.259 e. The molecule has 0 aliphatic carbocycles. The Morgan fingerprint density at radius 2 is 1.84 bits per heavy atom. The van der Waals surface area contributed by atoms with Gasteiger partial charge < -0.3 is 15.5 Å². The van der Waals surface area contributed by atoms with Crippen LogP contribution in [0.25, 0.3) is 10.8 Å². The number of rotatable bonds is 5. The largest absolute Gasteiger partial charge is 0.508 e. The van der Waals surface area contributed by atoms with Crippen molar-refractivity contribution in [2.24, 2.45) is 5.10 Å². The summed E-state index contributed by atoms with van der Waals surface area (Å²) >= 11 is 0. The minimum absolute atomic E-state index is 0.0435. The van der Waals surface area contributed by atoms with Crippen LogP contribution in [-0.4, -0.2) is 28.9 Å². The maximum absolute atomic E-state index is 11.9. The number of nitrogens with zero attached hydrogens (tertiary/aromatic N) is 1. The number of phenols is 2. The first-order valence-electron chi connectivity index (χ1n) is 7.69. The van der Waals surface area contributed by atoms with E-state index < -0.39 is 0 Å². The summed E-state index contributed by atoms with van der Waals surface area (Å²) in [4.78, 5) is 11.9. The molecule has 126 valence electrons. The molecule has 0 fully saturated rings. The van der Waals surface area contributed by atoms with Crippen molar-refractivity contribution in [3.8, 4) is 11.5 Å². The predicted molar refractivity (Wildman–Crippen MR) is 97.9 cm³/mol. The van der Waals surface area contributed by atoms with Crippen LogP contribution < -0.4 is 10.7 Å². The minimum atomic E-state index is -0.317. The SMILES string of the molecule is O=C(CNc1cccc2ccccc12)N/N=C\c1ccc(O)cc1O. The fraction of sp³-hybridized carbons (Fsp3) is 0.0526. The number of hydrogen-bond donors (Lipinski definition) is 4. The first kappa shape index (κ1) is 16.3. The van der Waals surface area contributed by atoms with Gasteiger partial charge in [0.1, 0.15) is 11.5 Å². The van der Waals surface area contributed by atoms with E-state index in [0.29, 0.717) is 5.56 Å². The maximum atomic E-state index is 11.9. The van der Waals surface area contributed by atoms with Gasteiger partial charge in [-0.15, -0.1) is 0 Å². The Morgan fingerprint density at radius 3 is 2.68 bits per heavy atom. The number of hydrazone groups is 1. The van der Waals surface area contributed by atoms with E-state index in [2.05, 4.69) is 15.8 Å². The van der Waals surface area contributed by atoms with E-state index >= 15 is 0 Å². The molecule has 3 aromatic rings. The molecule has 0 saturated heterocycles. The molecule has 0 spiro atoms. The lowest BCUT2D eigenvalue weighted by molar-refractivity contribution is -0.119. The molecule has 3 aromatic carbocycles. The average Bonchev–Trinajstić information content (AvgIpc) is 2.62. The smallest absolute Gasteiger partial charge is 0.259 e. The van der Waals surface area contributed by atoms with Crippen molar-refractivity contribution in [3.05, 3.63) is 66.2 Å². The number of carbonyl (C=O) groups is 1. The topological polar surface area (TPSA) is 94.0 Å². The lowest BCUT2D eigenvalue weighted by Gasteiger charge is -2.08. The number of benzene rings is 3. The molecule has 0 aromatic heterocycles. The molecular formula is C19H17N3O3. The van der Waals surface area contributed by atoms with Crippen molar-refractivity contribution in [1.29, 1.82) is 0 Å². The molecule has 0 unspecified atom stereocenters. The van der Waals surface area contributed by atoms with Gasteiger partial charge >= 0.3 is 0 Å². The van der Waals surface area contributed by atoms with Crippen LogP contribution in [0.3, 0.4) is 0 Å². The molecule has 0 aliphatic rings. The van der Waals surface area contributed by atoms with Gasteiger partial charge in [-0.25, -0.2) is 5.43 Å². The Labute approximate surface area is 144 Å². The molecule has 0 heterocycles. The summed E-state index contributed by atoms with van der Waals surface area (Å²) < 4.78 is 0. The van der Waals surface area contributed by atoms with Crippen LogP contribution in [-0.2, 0) is 4.79 Å². The Morgan fingerprint density at radius 1 is 1.04 bits per heavy atom. The Kier molecular flexibility index (Phi) is 4.80. The molecule has 6 nitrogen and oxygen atoms in total. The normalized spacial score (nSPS) is 10.9. The molecule has 25 heavy (non-hydrogen) atoms. The number of anilines is 1. The third-order valence-corrected chi connectivity index (χ3v) is 3.64. The van der Waals surface area contributed by atoms with Crippen LogP contribution in [0.4, 0.5) is 5.69 Å². The van der Waals surface area contributed by atoms with E-state index in [-0.39, 0.29) is 24.0 Å². The lowest BCUT2D eigenvalue weighted by atomic mass is 10.1. The fourth-order valence-corrected chi connectivity index (χ4v) is 2.41. The molecule has 0 aliphatic heterocycles. The molecule has 0 atom stereocenters. The third kappa shape index (κ3) is 4.06. The van der Waals surface area contributed by atoms with Crippen LogP contribution in [0.5, 0.6) is 11.5 Å². The van der Waals surface area contributed by atoms with E-state index in [1.54, 1.807) is 0 Å². The Hall–Kier alpha value is -3.54. The van der Waals surface area contributed by atoms with E-state index in [4.69, 9.17) is 0 Å². The van der Waals surface area contributed by atoms with Crippen molar-refractivity contribution >= 4 is 28.6 Å². The molecule has 0 bridgehead atoms. The van der Waals surface area contributed by atoms with Gasteiger partial charge in [0.25, 0.3) is 5.91 Å². The van der Waals surface area contributed by atoms with Gasteiger partial charge in [-0.3, -0.25) is 4.79 Å². The second kappa shape index (κ2) is 7.35. The summed E-state index contributed by atoms with van der Waals surface area (Å²) in [6.45, 7) is 0.0624. The zero-order chi connectivity index (χ0) is 17.6. The summed E-state index contributed by atoms with van der Waals surface area (Å²) in [6, 6.07) is 17.9. The summed E-state index contributed by atoms with van der Waals surface area (Å²) in [5.41, 5.74) is 3.64. The first-order chi connectivity index (χ1) is 12.1. The standard InChI is InChI=1S/C19H17N3O3/c23-15-9-8-14(18(24)10-15)11-21-22-19(25)12-20-17-7-3-5-13-4-1-2-6-16(13)17/h1-11,20,23-24H,12H2,(H,22,25)/b21-11-. The van der Waals surface area contributed by atoms with Crippen molar-refractivity contribution in [1.82, 2.24) is 5.43 Å². The van der Waals surface area contributed by atoms with Crippen molar-refractivity contribution in [2.45, 2.75) is 0 Å². The predicted octanol–water partition coefficient (Wildman–Crippen LogP) is 2.81. The van der Waals surface area contributed by atoms with Gasteiger partial charge in [-0.05, 0) is 23.6 Å². The number of phenolic OH excluding ortho intramolecular Hbond substituents is 2. The summed E-state index contributed by atoms with van der Waals surface area (Å²) in [6.07, 6.45) is 1.31. The van der Waals surface area contributed by atoms with Gasteiger partial charge in [0.2, 0.25) is 0 Å². The highest BCUT2D eigenvalue weighted by Gasteiger charge is 2.03. The zero-order valence-electron chi connectivity index (χ0n) is 13.3. The number of amides is 1. The summed E-state index contributed by atoms with van der Waals surface area (Å²) in [5, 5.41) is 27.9. The van der Waals surface area contributed by atoms with Crippen LogP contribution in [0.2, 0.25) is 0 Å². The van der Waals surface area contributed by atoms with Gasteiger partial charge in [-0.1, -0.05) is 36.4 Å². The van der Waals surface area contributed by atoms with Gasteiger partial charge in [0.05, 0.1) is 12.8 Å². The zero-order valence-corrected chi connectivity index (χ0v) is 13.3. The molecule has 6 heteroatoms. The van der Waals surface area contributed by atoms with E-state index in [1.807, 2.05) is 42.5 Å². The van der Waals surface area contributed by atoms with Crippen LogP contribution in [0, 0.1) is 0 Å². The average molecular weight is 335 g/mol. The fourth-order valence-electron chi connectivity index (χ4n) is 2.41. The van der Waals surface area contributed by atoms with Crippen LogP contribution in [0.1, 0.15) is 5.56 Å². The van der Waals surface area contributed by atoms with Crippen molar-refractivity contribution in [3.63, 3.8) is 0 Å². The number of carbonyl (C=O) groups excluding carboxylic acids is 1. The number of hydrogen-bond acceptors (Lipinski definition) is 5. The Bertz CT molecular complexity index is 933. The Balaban J connectivity index is 1.58. The molecular weight excluding hydrogens is 318 g/mol. The van der Waals surface area contributed by atoms with Crippen molar-refractivity contribution < 1.29 is 15.0 Å². The summed E-state index contributed by atoms with van der Waals surface area (Å²) in [5.74, 6) is -0.479. The van der Waals surface area contributed by atoms with Crippen molar-refractivity contribution in [2.75, 3.05) is 11.9 Å². The monoisotopic (exact) mass is 335 g/mol. The molecule has 3 rings (SSSR count). The van der Waals surface area contributed by atoms with E-state index in [1.165, 1.54) is 24.4 Å². The van der Waals surface area contributed by atoms with Gasteiger partial charge in [0, 0.05) is 22.7 Å². The van der Waals surface area contributed by atoms with Crippen LogP contribution in [0.15, 0.2) is 65.8 Å². The van der Waals surface area contributed by atoms with Crippen LogP contribution >= 0.6 is 0 Å². The molecule has 0 radical (unpaired) electrons. The van der Waals surface area contributed by atoms with E-state index in [0.717, 1.165) is 16.5 Å². The highest BCUT2D eigenvalue weighted by atomic mass is 16.3. The number of aromatic hydroxyl groups is 2. The minimum Gasteiger partial charge on any atom is -0.508 e. The highest BCUT2D eigenvalue weighted by Crippen LogP contribution is 2.22. The van der Waals surface area contributed by atoms with Gasteiger partial charge in [0.15, 0.2) is 0 Å². The molecule has 4 N–H and O–H groups in total.